The first-order chi connectivity index (χ1) is 6.09. The standard InChI is InChI=1S/C10H18N2S/c1-7(2)5-4-6-9-8(3)13-10(11)12-9/h7H,4-6H2,1-3H3,(H2,11,12). The fourth-order valence-corrected chi connectivity index (χ4v) is 2.10. The Morgan fingerprint density at radius 1 is 1.46 bits per heavy atom. The summed E-state index contributed by atoms with van der Waals surface area (Å²) in [7, 11) is 0. The second-order valence-corrected chi connectivity index (χ2v) is 5.08. The molecule has 2 nitrogen and oxygen atoms in total. The Hall–Kier alpha value is -0.570. The second-order valence-electron chi connectivity index (χ2n) is 3.84. The van der Waals surface area contributed by atoms with Gasteiger partial charge in [0.05, 0.1) is 5.69 Å². The van der Waals surface area contributed by atoms with Gasteiger partial charge in [0, 0.05) is 4.88 Å². The Bertz CT molecular complexity index is 266. The van der Waals surface area contributed by atoms with E-state index in [1.54, 1.807) is 11.3 Å². The van der Waals surface area contributed by atoms with Crippen LogP contribution in [0.4, 0.5) is 5.13 Å². The zero-order valence-electron chi connectivity index (χ0n) is 8.63. The molecule has 0 aliphatic rings. The van der Waals surface area contributed by atoms with Gasteiger partial charge in [0.15, 0.2) is 5.13 Å². The van der Waals surface area contributed by atoms with Gasteiger partial charge in [0.1, 0.15) is 0 Å². The van der Waals surface area contributed by atoms with Crippen LogP contribution in [0.1, 0.15) is 37.3 Å². The number of nitrogens with zero attached hydrogens (tertiary/aromatic N) is 1. The molecule has 1 rings (SSSR count). The van der Waals surface area contributed by atoms with Crippen LogP contribution < -0.4 is 5.73 Å². The van der Waals surface area contributed by atoms with E-state index in [4.69, 9.17) is 5.73 Å². The maximum atomic E-state index is 5.62. The highest BCUT2D eigenvalue weighted by molar-refractivity contribution is 7.15. The molecule has 74 valence electrons. The van der Waals surface area contributed by atoms with E-state index in [-0.39, 0.29) is 0 Å². The predicted molar refractivity (Wildman–Crippen MR) is 59.0 cm³/mol. The Kier molecular flexibility index (Phi) is 3.72. The molecule has 0 spiro atoms. The molecule has 0 fully saturated rings. The van der Waals surface area contributed by atoms with Crippen molar-refractivity contribution < 1.29 is 0 Å². The van der Waals surface area contributed by atoms with Crippen LogP contribution in [-0.2, 0) is 6.42 Å². The third kappa shape index (κ3) is 3.35. The van der Waals surface area contributed by atoms with Crippen molar-refractivity contribution in [3.05, 3.63) is 10.6 Å². The van der Waals surface area contributed by atoms with Crippen LogP contribution in [0.2, 0.25) is 0 Å². The third-order valence-corrected chi connectivity index (χ3v) is 2.95. The monoisotopic (exact) mass is 198 g/mol. The first-order valence-corrected chi connectivity index (χ1v) is 5.63. The molecule has 0 aliphatic carbocycles. The molecule has 0 atom stereocenters. The second kappa shape index (κ2) is 4.61. The van der Waals surface area contributed by atoms with Crippen LogP contribution in [0.3, 0.4) is 0 Å². The van der Waals surface area contributed by atoms with E-state index in [1.165, 1.54) is 23.4 Å². The molecule has 2 N–H and O–H groups in total. The number of anilines is 1. The van der Waals surface area contributed by atoms with Gasteiger partial charge < -0.3 is 5.73 Å². The van der Waals surface area contributed by atoms with Crippen molar-refractivity contribution in [2.45, 2.75) is 40.0 Å². The molecule has 3 heteroatoms. The smallest absolute Gasteiger partial charge is 0.180 e. The van der Waals surface area contributed by atoms with Crippen LogP contribution in [0.25, 0.3) is 0 Å². The average Bonchev–Trinajstić information content (AvgIpc) is 2.29. The average molecular weight is 198 g/mol. The summed E-state index contributed by atoms with van der Waals surface area (Å²) < 4.78 is 0. The van der Waals surface area contributed by atoms with E-state index < -0.39 is 0 Å². The van der Waals surface area contributed by atoms with Crippen molar-refractivity contribution >= 4 is 16.5 Å². The first kappa shape index (κ1) is 10.5. The van der Waals surface area contributed by atoms with Crippen LogP contribution in [0.15, 0.2) is 0 Å². The van der Waals surface area contributed by atoms with Gasteiger partial charge in [-0.2, -0.15) is 0 Å². The highest BCUT2D eigenvalue weighted by Crippen LogP contribution is 2.21. The summed E-state index contributed by atoms with van der Waals surface area (Å²) in [6.07, 6.45) is 3.58. The summed E-state index contributed by atoms with van der Waals surface area (Å²) in [5, 5.41) is 0.706. The first-order valence-electron chi connectivity index (χ1n) is 4.81. The molecule has 13 heavy (non-hydrogen) atoms. The zero-order valence-corrected chi connectivity index (χ0v) is 9.45. The lowest BCUT2D eigenvalue weighted by Gasteiger charge is -2.02. The number of hydrogen-bond donors (Lipinski definition) is 1. The molecule has 0 amide bonds. The quantitative estimate of drug-likeness (QED) is 0.807. The molecule has 1 aromatic rings. The van der Waals surface area contributed by atoms with Gasteiger partial charge in [-0.1, -0.05) is 20.3 Å². The Labute approximate surface area is 84.2 Å². The van der Waals surface area contributed by atoms with E-state index >= 15 is 0 Å². The van der Waals surface area contributed by atoms with Gasteiger partial charge in [0.2, 0.25) is 0 Å². The van der Waals surface area contributed by atoms with Gasteiger partial charge in [-0.05, 0) is 25.7 Å². The predicted octanol–water partition coefficient (Wildman–Crippen LogP) is 3.01. The molecule has 0 saturated carbocycles. The molecule has 0 saturated heterocycles. The Balaban J connectivity index is 2.40. The number of aryl methyl sites for hydroxylation is 2. The van der Waals surface area contributed by atoms with E-state index in [1.807, 2.05) is 0 Å². The highest BCUT2D eigenvalue weighted by Gasteiger charge is 2.04. The minimum absolute atomic E-state index is 0.706. The van der Waals surface area contributed by atoms with Crippen molar-refractivity contribution in [1.82, 2.24) is 4.98 Å². The summed E-state index contributed by atoms with van der Waals surface area (Å²) in [6, 6.07) is 0. The van der Waals surface area contributed by atoms with Gasteiger partial charge >= 0.3 is 0 Å². The van der Waals surface area contributed by atoms with Gasteiger partial charge in [-0.25, -0.2) is 4.98 Å². The van der Waals surface area contributed by atoms with Gasteiger partial charge in [0.25, 0.3) is 0 Å². The summed E-state index contributed by atoms with van der Waals surface area (Å²) in [4.78, 5) is 5.58. The molecular weight excluding hydrogens is 180 g/mol. The van der Waals surface area contributed by atoms with Gasteiger partial charge in [-0.15, -0.1) is 11.3 Å². The topological polar surface area (TPSA) is 38.9 Å². The lowest BCUT2D eigenvalue weighted by Crippen LogP contribution is -1.93. The van der Waals surface area contributed by atoms with Crippen LogP contribution in [-0.4, -0.2) is 4.98 Å². The fourth-order valence-electron chi connectivity index (χ4n) is 1.36. The lowest BCUT2D eigenvalue weighted by atomic mass is 10.1. The van der Waals surface area contributed by atoms with E-state index in [9.17, 15) is 0 Å². The SMILES string of the molecule is Cc1sc(N)nc1CCCC(C)C. The van der Waals surface area contributed by atoms with Crippen molar-refractivity contribution in [2.75, 3.05) is 5.73 Å². The Morgan fingerprint density at radius 3 is 2.62 bits per heavy atom. The number of nitrogen functional groups attached to an aromatic ring is 1. The van der Waals surface area contributed by atoms with Crippen LogP contribution in [0, 0.1) is 12.8 Å². The fraction of sp³-hybridized carbons (Fsp3) is 0.700. The summed E-state index contributed by atoms with van der Waals surface area (Å²) in [6.45, 7) is 6.60. The molecule has 0 radical (unpaired) electrons. The molecular formula is C10H18N2S. The minimum atomic E-state index is 0.706. The number of thiazole rings is 1. The van der Waals surface area contributed by atoms with E-state index in [0.29, 0.717) is 5.13 Å². The Morgan fingerprint density at radius 2 is 2.15 bits per heavy atom. The van der Waals surface area contributed by atoms with Crippen LogP contribution >= 0.6 is 11.3 Å². The molecule has 1 aromatic heterocycles. The van der Waals surface area contributed by atoms with Crippen LogP contribution in [0.5, 0.6) is 0 Å². The van der Waals surface area contributed by atoms with Gasteiger partial charge in [-0.3, -0.25) is 0 Å². The maximum absolute atomic E-state index is 5.62. The number of hydrogen-bond acceptors (Lipinski definition) is 3. The molecule has 0 aliphatic heterocycles. The van der Waals surface area contributed by atoms with E-state index in [2.05, 4.69) is 25.8 Å². The highest BCUT2D eigenvalue weighted by atomic mass is 32.1. The molecule has 0 aromatic carbocycles. The van der Waals surface area contributed by atoms with Crippen molar-refractivity contribution in [3.8, 4) is 0 Å². The third-order valence-electron chi connectivity index (χ3n) is 2.10. The number of nitrogens with two attached hydrogens (primary N) is 1. The van der Waals surface area contributed by atoms with E-state index in [0.717, 1.165) is 12.3 Å². The minimum Gasteiger partial charge on any atom is -0.375 e. The molecule has 1 heterocycles. The van der Waals surface area contributed by atoms with Crippen molar-refractivity contribution in [1.29, 1.82) is 0 Å². The molecule has 0 unspecified atom stereocenters. The van der Waals surface area contributed by atoms with Crippen molar-refractivity contribution in [3.63, 3.8) is 0 Å². The maximum Gasteiger partial charge on any atom is 0.180 e. The molecule has 0 bridgehead atoms. The number of aromatic nitrogens is 1. The lowest BCUT2D eigenvalue weighted by molar-refractivity contribution is 0.553. The summed E-state index contributed by atoms with van der Waals surface area (Å²) in [5.41, 5.74) is 6.82. The normalized spacial score (nSPS) is 11.1. The largest absolute Gasteiger partial charge is 0.375 e. The van der Waals surface area contributed by atoms with Crippen molar-refractivity contribution in [2.24, 2.45) is 5.92 Å². The summed E-state index contributed by atoms with van der Waals surface area (Å²) >= 11 is 1.59. The number of rotatable bonds is 4. The zero-order chi connectivity index (χ0) is 9.84. The summed E-state index contributed by atoms with van der Waals surface area (Å²) in [5.74, 6) is 0.788.